The van der Waals surface area contributed by atoms with Crippen molar-refractivity contribution < 1.29 is 31.1 Å². The van der Waals surface area contributed by atoms with Crippen molar-refractivity contribution in [2.75, 3.05) is 26.5 Å². The van der Waals surface area contributed by atoms with Gasteiger partial charge in [-0.15, -0.1) is 11.3 Å². The van der Waals surface area contributed by atoms with E-state index in [9.17, 15) is 26.4 Å². The van der Waals surface area contributed by atoms with Gasteiger partial charge in [-0.2, -0.15) is 18.3 Å². The van der Waals surface area contributed by atoms with Crippen LogP contribution in [0, 0.1) is 0 Å². The Bertz CT molecular complexity index is 1220. The molecule has 12 heteroatoms. The molecule has 0 aliphatic carbocycles. The van der Waals surface area contributed by atoms with Gasteiger partial charge in [0.15, 0.2) is 15.5 Å². The van der Waals surface area contributed by atoms with Gasteiger partial charge in [-0.25, -0.2) is 8.42 Å². The standard InChI is InChI=1S/C20H20F3N3O4S2/c1-24-8-9-30-19(27)12-26-15(11-18(25-26)20(21,22)23)17-7-6-16(31-17)13-4-3-5-14(10-13)32(2,28)29/h3-7,10-11,24H,8-9,12H2,1-2H3. The highest BCUT2D eigenvalue weighted by molar-refractivity contribution is 7.90. The first-order valence-electron chi connectivity index (χ1n) is 9.35. The lowest BCUT2D eigenvalue weighted by Gasteiger charge is -2.07. The average molecular weight is 488 g/mol. The molecule has 32 heavy (non-hydrogen) atoms. The SMILES string of the molecule is CNCCOC(=O)Cn1nc(C(F)(F)F)cc1-c1ccc(-c2cccc(S(C)(=O)=O)c2)s1. The van der Waals surface area contributed by atoms with E-state index in [0.717, 1.165) is 28.3 Å². The molecule has 1 aromatic carbocycles. The zero-order valence-electron chi connectivity index (χ0n) is 17.1. The van der Waals surface area contributed by atoms with E-state index >= 15 is 0 Å². The van der Waals surface area contributed by atoms with Crippen LogP contribution in [0.5, 0.6) is 0 Å². The van der Waals surface area contributed by atoms with Crippen LogP contribution in [0.2, 0.25) is 0 Å². The van der Waals surface area contributed by atoms with E-state index in [4.69, 9.17) is 4.74 Å². The van der Waals surface area contributed by atoms with Crippen LogP contribution in [0.15, 0.2) is 47.4 Å². The summed E-state index contributed by atoms with van der Waals surface area (Å²) >= 11 is 1.16. The Morgan fingerprint density at radius 2 is 1.91 bits per heavy atom. The molecule has 0 radical (unpaired) electrons. The van der Waals surface area contributed by atoms with Gasteiger partial charge < -0.3 is 10.1 Å². The van der Waals surface area contributed by atoms with E-state index < -0.39 is 34.2 Å². The third kappa shape index (κ3) is 5.75. The van der Waals surface area contributed by atoms with Crippen LogP contribution in [0.3, 0.4) is 0 Å². The molecule has 1 N–H and O–H groups in total. The lowest BCUT2D eigenvalue weighted by molar-refractivity contribution is -0.146. The fraction of sp³-hybridized carbons (Fsp3) is 0.300. The first-order chi connectivity index (χ1) is 15.0. The number of ether oxygens (including phenoxy) is 1. The molecule has 0 amide bonds. The van der Waals surface area contributed by atoms with Crippen LogP contribution >= 0.6 is 11.3 Å². The molecule has 7 nitrogen and oxygen atoms in total. The van der Waals surface area contributed by atoms with Crippen molar-refractivity contribution in [1.29, 1.82) is 0 Å². The molecular formula is C20H20F3N3O4S2. The zero-order valence-corrected chi connectivity index (χ0v) is 18.8. The molecular weight excluding hydrogens is 467 g/mol. The summed E-state index contributed by atoms with van der Waals surface area (Å²) in [6.45, 7) is 0.0101. The highest BCUT2D eigenvalue weighted by atomic mass is 32.2. The first kappa shape index (κ1) is 24.0. The average Bonchev–Trinajstić information content (AvgIpc) is 3.34. The Morgan fingerprint density at radius 1 is 1.19 bits per heavy atom. The Balaban J connectivity index is 1.95. The molecule has 0 saturated carbocycles. The number of hydrogen-bond donors (Lipinski definition) is 1. The fourth-order valence-electron chi connectivity index (χ4n) is 2.82. The Kier molecular flexibility index (Phi) is 7.06. The molecule has 0 unspecified atom stereocenters. The number of esters is 1. The Hall–Kier alpha value is -2.70. The second-order valence-electron chi connectivity index (χ2n) is 6.86. The van der Waals surface area contributed by atoms with E-state index in [-0.39, 0.29) is 17.2 Å². The minimum absolute atomic E-state index is 0.0812. The number of halogens is 3. The molecule has 3 aromatic rings. The number of sulfone groups is 1. The van der Waals surface area contributed by atoms with Crippen LogP contribution in [0.1, 0.15) is 5.69 Å². The summed E-state index contributed by atoms with van der Waals surface area (Å²) in [5.74, 6) is -0.712. The maximum Gasteiger partial charge on any atom is 0.435 e. The fourth-order valence-corrected chi connectivity index (χ4v) is 4.51. The topological polar surface area (TPSA) is 90.3 Å². The van der Waals surface area contributed by atoms with Crippen molar-refractivity contribution in [3.05, 3.63) is 48.2 Å². The summed E-state index contributed by atoms with van der Waals surface area (Å²) < 4.78 is 69.4. The molecule has 0 aliphatic heterocycles. The summed E-state index contributed by atoms with van der Waals surface area (Å²) in [7, 11) is -1.74. The van der Waals surface area contributed by atoms with Gasteiger partial charge in [0.1, 0.15) is 13.2 Å². The monoisotopic (exact) mass is 487 g/mol. The molecule has 172 valence electrons. The van der Waals surface area contributed by atoms with Crippen molar-refractivity contribution in [3.8, 4) is 21.0 Å². The van der Waals surface area contributed by atoms with E-state index in [2.05, 4.69) is 10.4 Å². The second-order valence-corrected chi connectivity index (χ2v) is 9.96. The van der Waals surface area contributed by atoms with Gasteiger partial charge in [-0.05, 0) is 42.9 Å². The van der Waals surface area contributed by atoms with Crippen LogP contribution in [0.25, 0.3) is 21.0 Å². The van der Waals surface area contributed by atoms with Crippen molar-refractivity contribution >= 4 is 27.1 Å². The molecule has 0 spiro atoms. The molecule has 0 bridgehead atoms. The van der Waals surface area contributed by atoms with Crippen molar-refractivity contribution in [1.82, 2.24) is 15.1 Å². The lowest BCUT2D eigenvalue weighted by Crippen LogP contribution is -2.21. The predicted octanol–water partition coefficient (Wildman–Crippen LogP) is 3.46. The summed E-state index contributed by atoms with van der Waals surface area (Å²) in [6.07, 6.45) is -3.58. The number of nitrogens with zero attached hydrogens (tertiary/aromatic N) is 2. The minimum atomic E-state index is -4.68. The Morgan fingerprint density at radius 3 is 2.56 bits per heavy atom. The van der Waals surface area contributed by atoms with Gasteiger partial charge in [-0.3, -0.25) is 9.48 Å². The lowest BCUT2D eigenvalue weighted by atomic mass is 10.2. The summed E-state index contributed by atoms with van der Waals surface area (Å²) in [4.78, 5) is 13.3. The van der Waals surface area contributed by atoms with Crippen molar-refractivity contribution in [2.45, 2.75) is 17.6 Å². The van der Waals surface area contributed by atoms with Crippen molar-refractivity contribution in [2.24, 2.45) is 0 Å². The van der Waals surface area contributed by atoms with E-state index in [0.29, 0.717) is 21.9 Å². The molecule has 3 rings (SSSR count). The number of likely N-dealkylation sites (N-methyl/N-ethyl adjacent to an activating group) is 1. The first-order valence-corrected chi connectivity index (χ1v) is 12.1. The van der Waals surface area contributed by atoms with Gasteiger partial charge >= 0.3 is 12.1 Å². The number of nitrogens with one attached hydrogen (secondary N) is 1. The number of carbonyl (C=O) groups excluding carboxylic acids is 1. The maximum atomic E-state index is 13.3. The van der Waals surface area contributed by atoms with Crippen LogP contribution in [0.4, 0.5) is 13.2 Å². The molecule has 0 fully saturated rings. The van der Waals surface area contributed by atoms with Gasteiger partial charge in [0.2, 0.25) is 0 Å². The van der Waals surface area contributed by atoms with Crippen LogP contribution in [-0.4, -0.2) is 50.6 Å². The third-order valence-electron chi connectivity index (χ3n) is 4.37. The number of aromatic nitrogens is 2. The highest BCUT2D eigenvalue weighted by Crippen LogP contribution is 2.38. The number of benzene rings is 1. The van der Waals surface area contributed by atoms with Gasteiger partial charge in [0.05, 0.1) is 15.5 Å². The van der Waals surface area contributed by atoms with Gasteiger partial charge in [0.25, 0.3) is 0 Å². The summed E-state index contributed by atoms with van der Waals surface area (Å²) in [5.41, 5.74) is -0.402. The third-order valence-corrected chi connectivity index (χ3v) is 6.64. The Labute approximate surface area is 186 Å². The largest absolute Gasteiger partial charge is 0.463 e. The molecule has 0 atom stereocenters. The number of alkyl halides is 3. The second kappa shape index (κ2) is 9.43. The van der Waals surface area contributed by atoms with Crippen molar-refractivity contribution in [3.63, 3.8) is 0 Å². The molecule has 0 saturated heterocycles. The van der Waals surface area contributed by atoms with Gasteiger partial charge in [-0.1, -0.05) is 12.1 Å². The van der Waals surface area contributed by atoms with E-state index in [1.807, 2.05) is 0 Å². The number of thiophene rings is 1. The summed E-state index contributed by atoms with van der Waals surface area (Å²) in [5, 5.41) is 6.35. The van der Waals surface area contributed by atoms with Crippen LogP contribution < -0.4 is 5.32 Å². The number of hydrogen-bond acceptors (Lipinski definition) is 7. The number of carbonyl (C=O) groups is 1. The van der Waals surface area contributed by atoms with Crippen LogP contribution in [-0.2, 0) is 32.1 Å². The minimum Gasteiger partial charge on any atom is -0.463 e. The predicted molar refractivity (Wildman–Crippen MR) is 114 cm³/mol. The van der Waals surface area contributed by atoms with E-state index in [1.54, 1.807) is 31.3 Å². The zero-order chi connectivity index (χ0) is 23.5. The smallest absolute Gasteiger partial charge is 0.435 e. The summed E-state index contributed by atoms with van der Waals surface area (Å²) in [6, 6.07) is 10.4. The maximum absolute atomic E-state index is 13.3. The quantitative estimate of drug-likeness (QED) is 0.387. The normalized spacial score (nSPS) is 12.2. The number of rotatable bonds is 8. The highest BCUT2D eigenvalue weighted by Gasteiger charge is 2.35. The molecule has 0 aliphatic rings. The molecule has 2 heterocycles. The molecule has 2 aromatic heterocycles. The van der Waals surface area contributed by atoms with Gasteiger partial charge in [0, 0.05) is 17.7 Å². The van der Waals surface area contributed by atoms with E-state index in [1.165, 1.54) is 12.1 Å².